The summed E-state index contributed by atoms with van der Waals surface area (Å²) in [5, 5.41) is 2.34. The Balaban J connectivity index is 2.12. The highest BCUT2D eigenvalue weighted by atomic mass is 16.2. The molecule has 20 heavy (non-hydrogen) atoms. The second-order valence-corrected chi connectivity index (χ2v) is 5.51. The van der Waals surface area contributed by atoms with Crippen LogP contribution in [0.2, 0.25) is 0 Å². The largest absolute Gasteiger partial charge is 0.330 e. The Hall–Kier alpha value is -1.65. The SMILES string of the molecule is CCC1(CC)C(=O)NC(=O)N(CCC2=CCCC2)C1=O. The van der Waals surface area contributed by atoms with Crippen LogP contribution in [-0.2, 0) is 9.59 Å². The van der Waals surface area contributed by atoms with E-state index in [1.54, 1.807) is 0 Å². The van der Waals surface area contributed by atoms with Gasteiger partial charge in [0.05, 0.1) is 0 Å². The van der Waals surface area contributed by atoms with Crippen LogP contribution in [0, 0.1) is 5.41 Å². The molecule has 110 valence electrons. The van der Waals surface area contributed by atoms with Gasteiger partial charge in [-0.1, -0.05) is 25.5 Å². The van der Waals surface area contributed by atoms with Crippen molar-refractivity contribution in [2.24, 2.45) is 5.41 Å². The van der Waals surface area contributed by atoms with Crippen LogP contribution in [0.3, 0.4) is 0 Å². The molecule has 0 radical (unpaired) electrons. The number of allylic oxidation sites excluding steroid dienone is 1. The van der Waals surface area contributed by atoms with Gasteiger partial charge in [-0.2, -0.15) is 0 Å². The number of carbonyl (C=O) groups excluding carboxylic acids is 3. The molecule has 1 saturated heterocycles. The standard InChI is InChI=1S/C15H22N2O3/c1-3-15(4-2)12(18)16-14(20)17(13(15)19)10-9-11-7-5-6-8-11/h7H,3-6,8-10H2,1-2H3,(H,16,18,20). The summed E-state index contributed by atoms with van der Waals surface area (Å²) in [6, 6.07) is -0.573. The van der Waals surface area contributed by atoms with Crippen molar-refractivity contribution in [3.05, 3.63) is 11.6 Å². The first kappa shape index (κ1) is 14.8. The van der Waals surface area contributed by atoms with Crippen LogP contribution in [0.1, 0.15) is 52.4 Å². The van der Waals surface area contributed by atoms with Crippen molar-refractivity contribution in [2.45, 2.75) is 52.4 Å². The Labute approximate surface area is 119 Å². The van der Waals surface area contributed by atoms with E-state index in [1.165, 1.54) is 10.5 Å². The van der Waals surface area contributed by atoms with Crippen molar-refractivity contribution in [2.75, 3.05) is 6.54 Å². The van der Waals surface area contributed by atoms with Gasteiger partial charge in [0.15, 0.2) is 0 Å². The number of imide groups is 2. The van der Waals surface area contributed by atoms with Crippen molar-refractivity contribution >= 4 is 17.8 Å². The number of amides is 4. The molecule has 1 fully saturated rings. The number of carbonyl (C=O) groups is 3. The second-order valence-electron chi connectivity index (χ2n) is 5.51. The quantitative estimate of drug-likeness (QED) is 0.620. The van der Waals surface area contributed by atoms with Gasteiger partial charge < -0.3 is 0 Å². The van der Waals surface area contributed by atoms with E-state index in [4.69, 9.17) is 0 Å². The topological polar surface area (TPSA) is 66.5 Å². The summed E-state index contributed by atoms with van der Waals surface area (Å²) < 4.78 is 0. The van der Waals surface area contributed by atoms with E-state index in [0.29, 0.717) is 19.4 Å². The summed E-state index contributed by atoms with van der Waals surface area (Å²) >= 11 is 0. The third-order valence-electron chi connectivity index (χ3n) is 4.55. The lowest BCUT2D eigenvalue weighted by molar-refractivity contribution is -0.152. The Morgan fingerprint density at radius 1 is 1.25 bits per heavy atom. The Bertz CT molecular complexity index is 464. The zero-order valence-electron chi connectivity index (χ0n) is 12.2. The molecule has 1 aliphatic carbocycles. The van der Waals surface area contributed by atoms with Crippen LogP contribution in [0.25, 0.3) is 0 Å². The van der Waals surface area contributed by atoms with Crippen molar-refractivity contribution in [3.63, 3.8) is 0 Å². The van der Waals surface area contributed by atoms with Crippen LogP contribution in [-0.4, -0.2) is 29.3 Å². The third kappa shape index (κ3) is 2.37. The van der Waals surface area contributed by atoms with E-state index >= 15 is 0 Å². The van der Waals surface area contributed by atoms with Crippen LogP contribution in [0.5, 0.6) is 0 Å². The molecule has 4 amide bonds. The summed E-state index contributed by atoms with van der Waals surface area (Å²) in [6.07, 6.45) is 7.03. The maximum Gasteiger partial charge on any atom is 0.330 e. The molecule has 1 aliphatic heterocycles. The fourth-order valence-corrected chi connectivity index (χ4v) is 3.03. The molecule has 2 aliphatic rings. The van der Waals surface area contributed by atoms with E-state index < -0.39 is 17.4 Å². The van der Waals surface area contributed by atoms with E-state index in [0.717, 1.165) is 25.7 Å². The van der Waals surface area contributed by atoms with Gasteiger partial charge in [0.25, 0.3) is 0 Å². The average Bonchev–Trinajstić information content (AvgIpc) is 2.93. The smallest absolute Gasteiger partial charge is 0.277 e. The zero-order chi connectivity index (χ0) is 14.8. The molecule has 1 N–H and O–H groups in total. The number of hydrogen-bond donors (Lipinski definition) is 1. The van der Waals surface area contributed by atoms with Crippen LogP contribution >= 0.6 is 0 Å². The molecule has 0 unspecified atom stereocenters. The number of nitrogens with one attached hydrogen (secondary N) is 1. The highest BCUT2D eigenvalue weighted by molar-refractivity contribution is 6.19. The first-order valence-corrected chi connectivity index (χ1v) is 7.40. The molecule has 0 bridgehead atoms. The molecule has 5 nitrogen and oxygen atoms in total. The maximum atomic E-state index is 12.6. The number of urea groups is 1. The van der Waals surface area contributed by atoms with Gasteiger partial charge in [0, 0.05) is 6.54 Å². The normalized spacial score (nSPS) is 22.0. The second kappa shape index (κ2) is 5.77. The van der Waals surface area contributed by atoms with Crippen LogP contribution < -0.4 is 5.32 Å². The van der Waals surface area contributed by atoms with E-state index in [-0.39, 0.29) is 5.91 Å². The molecular weight excluding hydrogens is 256 g/mol. The van der Waals surface area contributed by atoms with Crippen molar-refractivity contribution in [3.8, 4) is 0 Å². The van der Waals surface area contributed by atoms with Crippen molar-refractivity contribution in [1.82, 2.24) is 10.2 Å². The Morgan fingerprint density at radius 3 is 2.50 bits per heavy atom. The van der Waals surface area contributed by atoms with Crippen LogP contribution in [0.4, 0.5) is 4.79 Å². The lowest BCUT2D eigenvalue weighted by atomic mass is 9.78. The van der Waals surface area contributed by atoms with E-state index in [2.05, 4.69) is 11.4 Å². The van der Waals surface area contributed by atoms with Gasteiger partial charge in [0.2, 0.25) is 11.8 Å². The Morgan fingerprint density at radius 2 is 1.95 bits per heavy atom. The molecule has 0 saturated carbocycles. The maximum absolute atomic E-state index is 12.6. The number of hydrogen-bond acceptors (Lipinski definition) is 3. The van der Waals surface area contributed by atoms with Gasteiger partial charge in [-0.05, 0) is 38.5 Å². The highest BCUT2D eigenvalue weighted by Gasteiger charge is 2.51. The summed E-state index contributed by atoms with van der Waals surface area (Å²) in [6.45, 7) is 3.99. The lowest BCUT2D eigenvalue weighted by Crippen LogP contribution is -2.63. The van der Waals surface area contributed by atoms with Crippen molar-refractivity contribution < 1.29 is 14.4 Å². The molecule has 0 aromatic heterocycles. The molecule has 0 spiro atoms. The van der Waals surface area contributed by atoms with Gasteiger partial charge in [-0.3, -0.25) is 19.8 Å². The first-order valence-electron chi connectivity index (χ1n) is 7.40. The molecule has 0 aromatic rings. The van der Waals surface area contributed by atoms with Gasteiger partial charge in [-0.15, -0.1) is 0 Å². The van der Waals surface area contributed by atoms with Gasteiger partial charge in [0.1, 0.15) is 5.41 Å². The fourth-order valence-electron chi connectivity index (χ4n) is 3.03. The summed E-state index contributed by atoms with van der Waals surface area (Å²) in [7, 11) is 0. The highest BCUT2D eigenvalue weighted by Crippen LogP contribution is 2.33. The van der Waals surface area contributed by atoms with Gasteiger partial charge in [-0.25, -0.2) is 4.79 Å². The molecule has 5 heteroatoms. The molecule has 0 atom stereocenters. The summed E-state index contributed by atoms with van der Waals surface area (Å²) in [5.41, 5.74) is 0.235. The van der Waals surface area contributed by atoms with E-state index in [9.17, 15) is 14.4 Å². The minimum atomic E-state index is -1.07. The fraction of sp³-hybridized carbons (Fsp3) is 0.667. The predicted molar refractivity (Wildman–Crippen MR) is 74.8 cm³/mol. The zero-order valence-corrected chi connectivity index (χ0v) is 12.2. The summed E-state index contributed by atoms with van der Waals surface area (Å²) in [4.78, 5) is 37.7. The minimum Gasteiger partial charge on any atom is -0.277 e. The molecular formula is C15H22N2O3. The lowest BCUT2D eigenvalue weighted by Gasteiger charge is -2.38. The predicted octanol–water partition coefficient (Wildman–Crippen LogP) is 2.37. The number of rotatable bonds is 5. The number of barbiturate groups is 1. The molecule has 1 heterocycles. The molecule has 0 aromatic carbocycles. The van der Waals surface area contributed by atoms with Crippen molar-refractivity contribution in [1.29, 1.82) is 0 Å². The monoisotopic (exact) mass is 278 g/mol. The Kier molecular flexibility index (Phi) is 4.26. The van der Waals surface area contributed by atoms with Crippen LogP contribution in [0.15, 0.2) is 11.6 Å². The number of nitrogens with zero attached hydrogens (tertiary/aromatic N) is 1. The third-order valence-corrected chi connectivity index (χ3v) is 4.55. The van der Waals surface area contributed by atoms with Gasteiger partial charge >= 0.3 is 6.03 Å². The molecule has 2 rings (SSSR count). The van der Waals surface area contributed by atoms with E-state index in [1.807, 2.05) is 13.8 Å². The average molecular weight is 278 g/mol. The first-order chi connectivity index (χ1) is 9.55. The summed E-state index contributed by atoms with van der Waals surface area (Å²) in [5.74, 6) is -0.788. The minimum absolute atomic E-state index is 0.338.